The minimum Gasteiger partial charge on any atom is -0.247 e. The normalized spacial score (nSPS) is 24.9. The van der Waals surface area contributed by atoms with E-state index in [-0.39, 0.29) is 11.8 Å². The van der Waals surface area contributed by atoms with E-state index in [2.05, 4.69) is 4.98 Å². The van der Waals surface area contributed by atoms with Gasteiger partial charge in [0.05, 0.1) is 16.5 Å². The first-order valence-corrected chi connectivity index (χ1v) is 8.91. The number of aryl methyl sites for hydroxylation is 1. The molecule has 0 radical (unpaired) electrons. The van der Waals surface area contributed by atoms with Crippen molar-refractivity contribution in [1.82, 2.24) is 4.98 Å². The van der Waals surface area contributed by atoms with Crippen molar-refractivity contribution in [3.05, 3.63) is 16.1 Å². The zero-order valence-corrected chi connectivity index (χ0v) is 12.1. The molecule has 2 atom stereocenters. The van der Waals surface area contributed by atoms with Crippen LogP contribution in [-0.2, 0) is 16.3 Å². The van der Waals surface area contributed by atoms with Crippen LogP contribution in [0.1, 0.15) is 17.1 Å². The van der Waals surface area contributed by atoms with E-state index in [0.717, 1.165) is 23.5 Å². The molecule has 0 amide bonds. The van der Waals surface area contributed by atoms with Gasteiger partial charge < -0.3 is 0 Å². The number of sulfone groups is 1. The zero-order valence-electron chi connectivity index (χ0n) is 9.73. The van der Waals surface area contributed by atoms with Crippen LogP contribution in [0, 0.1) is 18.8 Å². The summed E-state index contributed by atoms with van der Waals surface area (Å²) in [5.74, 6) is 1.58. The molecule has 0 N–H and O–H groups in total. The highest BCUT2D eigenvalue weighted by Crippen LogP contribution is 2.30. The average molecular weight is 294 g/mol. The first-order chi connectivity index (χ1) is 8.00. The fraction of sp³-hybridized carbons (Fsp3) is 0.727. The van der Waals surface area contributed by atoms with Gasteiger partial charge in [-0.2, -0.15) is 0 Å². The molecule has 0 aromatic carbocycles. The highest BCUT2D eigenvalue weighted by atomic mass is 35.5. The van der Waals surface area contributed by atoms with Crippen LogP contribution in [0.3, 0.4) is 0 Å². The monoisotopic (exact) mass is 293 g/mol. The predicted octanol–water partition coefficient (Wildman–Crippen LogP) is 2.28. The predicted molar refractivity (Wildman–Crippen MR) is 71.5 cm³/mol. The van der Waals surface area contributed by atoms with Crippen LogP contribution in [-0.4, -0.2) is 30.8 Å². The van der Waals surface area contributed by atoms with E-state index < -0.39 is 9.84 Å². The number of rotatable bonds is 4. The Kier molecular flexibility index (Phi) is 4.10. The van der Waals surface area contributed by atoms with Crippen LogP contribution in [0.25, 0.3) is 0 Å². The minimum absolute atomic E-state index is 0.210. The lowest BCUT2D eigenvalue weighted by atomic mass is 9.91. The van der Waals surface area contributed by atoms with Gasteiger partial charge in [0.1, 0.15) is 0 Å². The first kappa shape index (κ1) is 13.3. The van der Waals surface area contributed by atoms with Crippen LogP contribution >= 0.6 is 22.9 Å². The number of hydrogen-bond acceptors (Lipinski definition) is 4. The van der Waals surface area contributed by atoms with Gasteiger partial charge in [-0.25, -0.2) is 13.4 Å². The van der Waals surface area contributed by atoms with Gasteiger partial charge in [0.2, 0.25) is 0 Å². The van der Waals surface area contributed by atoms with E-state index in [1.807, 2.05) is 12.3 Å². The second-order valence-corrected chi connectivity index (χ2v) is 8.14. The van der Waals surface area contributed by atoms with Crippen LogP contribution in [0.5, 0.6) is 0 Å². The van der Waals surface area contributed by atoms with Gasteiger partial charge >= 0.3 is 0 Å². The van der Waals surface area contributed by atoms with Gasteiger partial charge in [-0.3, -0.25) is 0 Å². The maximum atomic E-state index is 11.5. The summed E-state index contributed by atoms with van der Waals surface area (Å²) in [5.41, 5.74) is 1.03. The Morgan fingerprint density at radius 3 is 2.88 bits per heavy atom. The number of alkyl halides is 1. The van der Waals surface area contributed by atoms with Crippen molar-refractivity contribution in [2.75, 3.05) is 17.4 Å². The lowest BCUT2D eigenvalue weighted by Crippen LogP contribution is -2.20. The quantitative estimate of drug-likeness (QED) is 0.800. The van der Waals surface area contributed by atoms with Gasteiger partial charge in [0, 0.05) is 23.4 Å². The average Bonchev–Trinajstić information content (AvgIpc) is 2.81. The van der Waals surface area contributed by atoms with Gasteiger partial charge in [-0.1, -0.05) is 0 Å². The fourth-order valence-electron chi connectivity index (χ4n) is 2.26. The molecule has 1 fully saturated rings. The highest BCUT2D eigenvalue weighted by molar-refractivity contribution is 7.91. The van der Waals surface area contributed by atoms with Gasteiger partial charge in [0.15, 0.2) is 9.84 Å². The number of nitrogens with zero attached hydrogens (tertiary/aromatic N) is 1. The van der Waals surface area contributed by atoms with Crippen LogP contribution < -0.4 is 0 Å². The van der Waals surface area contributed by atoms with Crippen LogP contribution in [0.2, 0.25) is 0 Å². The summed E-state index contributed by atoms with van der Waals surface area (Å²) in [5, 5.41) is 3.09. The number of halogens is 1. The highest BCUT2D eigenvalue weighted by Gasteiger charge is 2.33. The van der Waals surface area contributed by atoms with Gasteiger partial charge in [-0.15, -0.1) is 22.9 Å². The van der Waals surface area contributed by atoms with E-state index in [0.29, 0.717) is 17.4 Å². The van der Waals surface area contributed by atoms with Gasteiger partial charge in [0.25, 0.3) is 0 Å². The molecule has 0 spiro atoms. The number of hydrogen-bond donors (Lipinski definition) is 0. The Morgan fingerprint density at radius 2 is 2.41 bits per heavy atom. The van der Waals surface area contributed by atoms with Crippen molar-refractivity contribution in [1.29, 1.82) is 0 Å². The van der Waals surface area contributed by atoms with E-state index in [4.69, 9.17) is 11.6 Å². The maximum absolute atomic E-state index is 11.5. The lowest BCUT2D eigenvalue weighted by Gasteiger charge is -2.18. The van der Waals surface area contributed by atoms with Crippen LogP contribution in [0.15, 0.2) is 5.38 Å². The Bertz CT molecular complexity index is 483. The van der Waals surface area contributed by atoms with Crippen molar-refractivity contribution in [2.45, 2.75) is 19.8 Å². The third-order valence-electron chi connectivity index (χ3n) is 3.24. The Morgan fingerprint density at radius 1 is 1.65 bits per heavy atom. The largest absolute Gasteiger partial charge is 0.247 e. The molecular weight excluding hydrogens is 278 g/mol. The van der Waals surface area contributed by atoms with Crippen molar-refractivity contribution in [3.8, 4) is 0 Å². The molecule has 0 bridgehead atoms. The summed E-state index contributed by atoms with van der Waals surface area (Å²) in [6.07, 6.45) is 1.56. The third kappa shape index (κ3) is 3.42. The Hall–Kier alpha value is -0.130. The molecule has 0 aliphatic carbocycles. The van der Waals surface area contributed by atoms with E-state index in [1.165, 1.54) is 0 Å². The standard InChI is InChI=1S/C11H16ClNO2S2/c1-8-6-16-11(13-8)4-10(5-12)9-2-3-17(14,15)7-9/h6,9-10H,2-5,7H2,1H3. The molecule has 1 aliphatic rings. The Labute approximate surface area is 111 Å². The molecular formula is C11H16ClNO2S2. The van der Waals surface area contributed by atoms with Crippen LogP contribution in [0.4, 0.5) is 0 Å². The molecule has 1 aliphatic heterocycles. The van der Waals surface area contributed by atoms with Crippen molar-refractivity contribution in [3.63, 3.8) is 0 Å². The maximum Gasteiger partial charge on any atom is 0.150 e. The molecule has 1 aromatic heterocycles. The Balaban J connectivity index is 2.02. The molecule has 17 heavy (non-hydrogen) atoms. The molecule has 1 aromatic rings. The fourth-order valence-corrected chi connectivity index (χ4v) is 5.41. The summed E-state index contributed by atoms with van der Waals surface area (Å²) in [4.78, 5) is 4.42. The molecule has 2 heterocycles. The minimum atomic E-state index is -2.81. The summed E-state index contributed by atoms with van der Waals surface area (Å²) >= 11 is 7.61. The summed E-state index contributed by atoms with van der Waals surface area (Å²) in [7, 11) is -2.81. The van der Waals surface area contributed by atoms with E-state index in [1.54, 1.807) is 11.3 Å². The van der Waals surface area contributed by atoms with Crippen molar-refractivity contribution >= 4 is 32.8 Å². The lowest BCUT2D eigenvalue weighted by molar-refractivity contribution is 0.397. The first-order valence-electron chi connectivity index (χ1n) is 5.67. The third-order valence-corrected chi connectivity index (χ3v) is 6.42. The summed E-state index contributed by atoms with van der Waals surface area (Å²) in [6.45, 7) is 1.97. The summed E-state index contributed by atoms with van der Waals surface area (Å²) < 4.78 is 22.9. The van der Waals surface area contributed by atoms with Crippen molar-refractivity contribution in [2.24, 2.45) is 11.8 Å². The molecule has 96 valence electrons. The topological polar surface area (TPSA) is 47.0 Å². The SMILES string of the molecule is Cc1csc(CC(CCl)C2CCS(=O)(=O)C2)n1. The molecule has 6 heteroatoms. The molecule has 1 saturated heterocycles. The molecule has 2 rings (SSSR count). The molecule has 0 saturated carbocycles. The van der Waals surface area contributed by atoms with Gasteiger partial charge in [-0.05, 0) is 25.2 Å². The number of aromatic nitrogens is 1. The molecule has 3 nitrogen and oxygen atoms in total. The summed E-state index contributed by atoms with van der Waals surface area (Å²) in [6, 6.07) is 0. The van der Waals surface area contributed by atoms with E-state index >= 15 is 0 Å². The number of thiazole rings is 1. The smallest absolute Gasteiger partial charge is 0.150 e. The second kappa shape index (κ2) is 5.24. The van der Waals surface area contributed by atoms with E-state index in [9.17, 15) is 8.42 Å². The van der Waals surface area contributed by atoms with Crippen molar-refractivity contribution < 1.29 is 8.42 Å². The zero-order chi connectivity index (χ0) is 12.5. The second-order valence-electron chi connectivity index (χ2n) is 4.66. The molecule has 2 unspecified atom stereocenters.